The number of amides is 1. The zero-order valence-corrected chi connectivity index (χ0v) is 13.2. The van der Waals surface area contributed by atoms with Gasteiger partial charge in [0.1, 0.15) is 5.69 Å². The van der Waals surface area contributed by atoms with E-state index in [-0.39, 0.29) is 5.91 Å². The van der Waals surface area contributed by atoms with Crippen LogP contribution in [0.4, 0.5) is 0 Å². The fourth-order valence-electron chi connectivity index (χ4n) is 2.62. The Labute approximate surface area is 143 Å². The average Bonchev–Trinajstić information content (AvgIpc) is 3.30. The van der Waals surface area contributed by atoms with Gasteiger partial charge in [0.05, 0.1) is 11.9 Å². The van der Waals surface area contributed by atoms with E-state index in [9.17, 15) is 4.79 Å². The number of carbonyl (C=O) groups is 1. The van der Waals surface area contributed by atoms with Crippen LogP contribution in [0.3, 0.4) is 0 Å². The highest BCUT2D eigenvalue weighted by atomic mass is 16.2. The molecule has 0 spiro atoms. The second kappa shape index (κ2) is 6.45. The lowest BCUT2D eigenvalue weighted by atomic mass is 10.1. The van der Waals surface area contributed by atoms with E-state index in [4.69, 9.17) is 0 Å². The first-order valence-electron chi connectivity index (χ1n) is 7.81. The number of hydrazone groups is 1. The van der Waals surface area contributed by atoms with Gasteiger partial charge in [-0.15, -0.1) is 0 Å². The third-order valence-electron chi connectivity index (χ3n) is 3.88. The van der Waals surface area contributed by atoms with Crippen LogP contribution in [0.25, 0.3) is 22.2 Å². The van der Waals surface area contributed by atoms with Crippen molar-refractivity contribution in [1.29, 1.82) is 0 Å². The minimum absolute atomic E-state index is 0.342. The van der Waals surface area contributed by atoms with Crippen LogP contribution in [0.15, 0.2) is 72.0 Å². The van der Waals surface area contributed by atoms with Gasteiger partial charge in [0.2, 0.25) is 0 Å². The number of nitrogens with zero attached hydrogens (tertiary/aromatic N) is 2. The molecule has 2 aromatic heterocycles. The molecule has 6 nitrogen and oxygen atoms in total. The standard InChI is InChI=1S/C19H15N5O/c25-19(18-10-17(22-23-18)13-6-2-1-3-7-13)24-21-12-14-11-20-16-9-5-4-8-15(14)16/h1-12,20H,(H,22,23)(H,24,25). The smallest absolute Gasteiger partial charge is 0.289 e. The third-order valence-corrected chi connectivity index (χ3v) is 3.88. The summed E-state index contributed by atoms with van der Waals surface area (Å²) >= 11 is 0. The molecule has 2 heterocycles. The molecule has 0 aliphatic rings. The van der Waals surface area contributed by atoms with Crippen LogP contribution in [0.1, 0.15) is 16.1 Å². The monoisotopic (exact) mass is 329 g/mol. The summed E-state index contributed by atoms with van der Waals surface area (Å²) < 4.78 is 0. The van der Waals surface area contributed by atoms with Gasteiger partial charge in [0.25, 0.3) is 5.91 Å². The number of nitrogens with one attached hydrogen (secondary N) is 3. The zero-order chi connectivity index (χ0) is 17.1. The Balaban J connectivity index is 1.47. The number of hydrogen-bond donors (Lipinski definition) is 3. The van der Waals surface area contributed by atoms with Crippen molar-refractivity contribution in [2.45, 2.75) is 0 Å². The largest absolute Gasteiger partial charge is 0.361 e. The number of carbonyl (C=O) groups excluding carboxylic acids is 1. The topological polar surface area (TPSA) is 85.9 Å². The van der Waals surface area contributed by atoms with Crippen LogP contribution in [0, 0.1) is 0 Å². The third kappa shape index (κ3) is 3.05. The van der Waals surface area contributed by atoms with Gasteiger partial charge >= 0.3 is 0 Å². The number of benzene rings is 2. The first-order chi connectivity index (χ1) is 12.3. The molecule has 0 saturated carbocycles. The van der Waals surface area contributed by atoms with Crippen LogP contribution in [0.5, 0.6) is 0 Å². The maximum absolute atomic E-state index is 12.2. The Morgan fingerprint density at radius 3 is 2.76 bits per heavy atom. The highest BCUT2D eigenvalue weighted by Gasteiger charge is 2.10. The van der Waals surface area contributed by atoms with Crippen molar-refractivity contribution in [1.82, 2.24) is 20.6 Å². The van der Waals surface area contributed by atoms with Crippen LogP contribution < -0.4 is 5.43 Å². The van der Waals surface area contributed by atoms with E-state index in [1.165, 1.54) is 0 Å². The second-order valence-corrected chi connectivity index (χ2v) is 5.52. The fraction of sp³-hybridized carbons (Fsp3) is 0. The van der Waals surface area contributed by atoms with Crippen molar-refractivity contribution < 1.29 is 4.79 Å². The molecule has 0 radical (unpaired) electrons. The van der Waals surface area contributed by atoms with Gasteiger partial charge in [-0.25, -0.2) is 5.43 Å². The molecule has 6 heteroatoms. The van der Waals surface area contributed by atoms with Gasteiger partial charge in [-0.3, -0.25) is 9.89 Å². The summed E-state index contributed by atoms with van der Waals surface area (Å²) in [6.07, 6.45) is 3.47. The normalized spacial score (nSPS) is 11.2. The number of para-hydroxylation sites is 1. The highest BCUT2D eigenvalue weighted by Crippen LogP contribution is 2.17. The predicted molar refractivity (Wildman–Crippen MR) is 97.4 cm³/mol. The number of hydrogen-bond acceptors (Lipinski definition) is 3. The minimum Gasteiger partial charge on any atom is -0.361 e. The summed E-state index contributed by atoms with van der Waals surface area (Å²) in [5.74, 6) is -0.342. The van der Waals surface area contributed by atoms with Gasteiger partial charge < -0.3 is 4.98 Å². The van der Waals surface area contributed by atoms with Crippen LogP contribution in [0.2, 0.25) is 0 Å². The van der Waals surface area contributed by atoms with E-state index in [1.54, 1.807) is 12.3 Å². The van der Waals surface area contributed by atoms with E-state index in [0.717, 1.165) is 22.0 Å². The predicted octanol–water partition coefficient (Wildman–Crippen LogP) is 3.32. The van der Waals surface area contributed by atoms with Gasteiger partial charge in [-0.2, -0.15) is 10.2 Å². The molecule has 0 unspecified atom stereocenters. The molecule has 0 saturated heterocycles. The van der Waals surface area contributed by atoms with E-state index in [1.807, 2.05) is 60.8 Å². The van der Waals surface area contributed by atoms with Crippen molar-refractivity contribution in [2.24, 2.45) is 5.10 Å². The van der Waals surface area contributed by atoms with Gasteiger partial charge in [0, 0.05) is 28.2 Å². The summed E-state index contributed by atoms with van der Waals surface area (Å²) in [6.45, 7) is 0. The molecule has 0 fully saturated rings. The zero-order valence-electron chi connectivity index (χ0n) is 13.2. The molecule has 0 atom stereocenters. The molecule has 122 valence electrons. The molecular weight excluding hydrogens is 314 g/mol. The molecule has 0 aliphatic heterocycles. The molecule has 0 aliphatic carbocycles. The number of aromatic amines is 2. The summed E-state index contributed by atoms with van der Waals surface area (Å²) in [4.78, 5) is 15.3. The van der Waals surface area contributed by atoms with Crippen molar-refractivity contribution >= 4 is 23.0 Å². The lowest BCUT2D eigenvalue weighted by Crippen LogP contribution is -2.17. The molecule has 2 aromatic carbocycles. The molecule has 3 N–H and O–H groups in total. The lowest BCUT2D eigenvalue weighted by molar-refractivity contribution is 0.0950. The number of H-pyrrole nitrogens is 2. The van der Waals surface area contributed by atoms with Crippen molar-refractivity contribution in [3.8, 4) is 11.3 Å². The van der Waals surface area contributed by atoms with Crippen molar-refractivity contribution in [3.05, 3.63) is 78.1 Å². The molecule has 4 aromatic rings. The Morgan fingerprint density at radius 2 is 1.88 bits per heavy atom. The van der Waals surface area contributed by atoms with Crippen LogP contribution >= 0.6 is 0 Å². The number of aromatic nitrogens is 3. The van der Waals surface area contributed by atoms with Crippen LogP contribution in [-0.4, -0.2) is 27.3 Å². The Hall–Kier alpha value is -3.67. The highest BCUT2D eigenvalue weighted by molar-refractivity contribution is 6.00. The van der Waals surface area contributed by atoms with Gasteiger partial charge in [0.15, 0.2) is 0 Å². The van der Waals surface area contributed by atoms with Crippen molar-refractivity contribution in [2.75, 3.05) is 0 Å². The van der Waals surface area contributed by atoms with E-state index < -0.39 is 0 Å². The quantitative estimate of drug-likeness (QED) is 0.396. The molecule has 4 rings (SSSR count). The molecule has 25 heavy (non-hydrogen) atoms. The summed E-state index contributed by atoms with van der Waals surface area (Å²) in [5.41, 5.74) is 6.46. The maximum atomic E-state index is 12.2. The first kappa shape index (κ1) is 14.9. The SMILES string of the molecule is O=C(NN=Cc1c[nH]c2ccccc12)c1cc(-c2ccccc2)n[nH]1. The summed E-state index contributed by atoms with van der Waals surface area (Å²) in [6, 6.07) is 19.3. The van der Waals surface area contributed by atoms with E-state index in [0.29, 0.717) is 11.4 Å². The van der Waals surface area contributed by atoms with Crippen LogP contribution in [-0.2, 0) is 0 Å². The van der Waals surface area contributed by atoms with Gasteiger partial charge in [-0.05, 0) is 12.1 Å². The Bertz CT molecular complexity index is 1050. The fourth-order valence-corrected chi connectivity index (χ4v) is 2.62. The average molecular weight is 329 g/mol. The number of rotatable bonds is 4. The summed E-state index contributed by atoms with van der Waals surface area (Å²) in [5, 5.41) is 12.0. The molecule has 1 amide bonds. The van der Waals surface area contributed by atoms with E-state index in [2.05, 4.69) is 25.7 Å². The Morgan fingerprint density at radius 1 is 1.08 bits per heavy atom. The summed E-state index contributed by atoms with van der Waals surface area (Å²) in [7, 11) is 0. The lowest BCUT2D eigenvalue weighted by Gasteiger charge is -1.95. The van der Waals surface area contributed by atoms with Crippen molar-refractivity contribution in [3.63, 3.8) is 0 Å². The first-order valence-corrected chi connectivity index (χ1v) is 7.81. The number of fused-ring (bicyclic) bond motifs is 1. The van der Waals surface area contributed by atoms with Gasteiger partial charge in [-0.1, -0.05) is 48.5 Å². The minimum atomic E-state index is -0.342. The molecular formula is C19H15N5O. The Kier molecular flexibility index (Phi) is 3.84. The van der Waals surface area contributed by atoms with E-state index >= 15 is 0 Å². The molecule has 0 bridgehead atoms. The second-order valence-electron chi connectivity index (χ2n) is 5.52. The maximum Gasteiger partial charge on any atom is 0.289 e.